The van der Waals surface area contributed by atoms with Gasteiger partial charge in [-0.3, -0.25) is 0 Å². The molecule has 3 aromatic carbocycles. The van der Waals surface area contributed by atoms with Gasteiger partial charge in [-0.2, -0.15) is 0 Å². The molecule has 0 aromatic heterocycles. The van der Waals surface area contributed by atoms with Crippen LogP contribution < -0.4 is 4.74 Å². The molecule has 0 unspecified atom stereocenters. The Bertz CT molecular complexity index is 820. The molecule has 0 saturated carbocycles. The van der Waals surface area contributed by atoms with E-state index >= 15 is 0 Å². The van der Waals surface area contributed by atoms with E-state index in [4.69, 9.17) is 4.74 Å². The molecule has 1 nitrogen and oxygen atoms in total. The molecule has 0 bridgehead atoms. The lowest BCUT2D eigenvalue weighted by Gasteiger charge is -2.10. The Balaban J connectivity index is 1.87. The molecule has 0 radical (unpaired) electrons. The fourth-order valence-electron chi connectivity index (χ4n) is 2.52. The van der Waals surface area contributed by atoms with Crippen LogP contribution in [0.5, 0.6) is 5.75 Å². The minimum atomic E-state index is -0.382. The predicted octanol–water partition coefficient (Wildman–Crippen LogP) is 5.56. The van der Waals surface area contributed by atoms with Gasteiger partial charge >= 0.3 is 0 Å². The van der Waals surface area contributed by atoms with Crippen molar-refractivity contribution in [1.82, 2.24) is 0 Å². The third kappa shape index (κ3) is 3.16. The van der Waals surface area contributed by atoms with Crippen LogP contribution in [0.1, 0.15) is 11.1 Å². The highest BCUT2D eigenvalue weighted by atomic mass is 19.1. The normalized spacial score (nSPS) is 10.3. The molecule has 0 heterocycles. The summed E-state index contributed by atoms with van der Waals surface area (Å²) < 4.78 is 18.8. The van der Waals surface area contributed by atoms with E-state index in [9.17, 15) is 4.39 Å². The van der Waals surface area contributed by atoms with E-state index < -0.39 is 0 Å². The van der Waals surface area contributed by atoms with Gasteiger partial charge in [0.1, 0.15) is 0 Å². The minimum Gasteiger partial charge on any atom is -0.494 e. The Hall–Kier alpha value is -2.87. The van der Waals surface area contributed by atoms with Crippen molar-refractivity contribution in [2.75, 3.05) is 7.11 Å². The van der Waals surface area contributed by atoms with E-state index in [0.29, 0.717) is 0 Å². The zero-order valence-corrected chi connectivity index (χ0v) is 12.9. The molecule has 2 heteroatoms. The maximum atomic E-state index is 13.8. The Kier molecular flexibility index (Phi) is 4.24. The van der Waals surface area contributed by atoms with Crippen LogP contribution in [0.25, 0.3) is 16.7 Å². The zero-order valence-electron chi connectivity index (χ0n) is 12.9. The highest BCUT2D eigenvalue weighted by Gasteiger charge is 2.08. The number of rotatable bonds is 4. The summed E-state index contributed by atoms with van der Waals surface area (Å²) in [5.74, 6) is -0.145. The average Bonchev–Trinajstić information content (AvgIpc) is 2.62. The standard InChI is InChI=1S/C21H17FO/c1-15(19-12-13-21(23-2)20(22)14-19)16-8-10-18(11-9-16)17-6-4-3-5-7-17/h3-14H,1H2,2H3. The first kappa shape index (κ1) is 15.0. The van der Waals surface area contributed by atoms with Crippen LogP contribution >= 0.6 is 0 Å². The first-order valence-electron chi connectivity index (χ1n) is 7.37. The number of hydrogen-bond donors (Lipinski definition) is 0. The molecule has 0 fully saturated rings. The number of halogens is 1. The predicted molar refractivity (Wildman–Crippen MR) is 93.0 cm³/mol. The molecule has 0 N–H and O–H groups in total. The van der Waals surface area contributed by atoms with Crippen LogP contribution in [0.3, 0.4) is 0 Å². The molecule has 3 aromatic rings. The number of hydrogen-bond acceptors (Lipinski definition) is 1. The SMILES string of the molecule is C=C(c1ccc(-c2ccccc2)cc1)c1ccc(OC)c(F)c1. The van der Waals surface area contributed by atoms with E-state index in [0.717, 1.165) is 22.3 Å². The highest BCUT2D eigenvalue weighted by Crippen LogP contribution is 2.28. The summed E-state index contributed by atoms with van der Waals surface area (Å²) in [6.45, 7) is 4.09. The number of methoxy groups -OCH3 is 1. The lowest BCUT2D eigenvalue weighted by Crippen LogP contribution is -1.92. The molecule has 0 aliphatic heterocycles. The highest BCUT2D eigenvalue weighted by molar-refractivity contribution is 5.79. The first-order valence-corrected chi connectivity index (χ1v) is 7.37. The Labute approximate surface area is 135 Å². The van der Waals surface area contributed by atoms with Crippen molar-refractivity contribution in [3.63, 3.8) is 0 Å². The average molecular weight is 304 g/mol. The van der Waals surface area contributed by atoms with Crippen LogP contribution in [-0.2, 0) is 0 Å². The molecule has 0 amide bonds. The minimum absolute atomic E-state index is 0.237. The fourth-order valence-corrected chi connectivity index (χ4v) is 2.52. The zero-order chi connectivity index (χ0) is 16.2. The summed E-state index contributed by atoms with van der Waals surface area (Å²) in [6.07, 6.45) is 0. The molecule has 0 spiro atoms. The van der Waals surface area contributed by atoms with Crippen LogP contribution in [-0.4, -0.2) is 7.11 Å². The van der Waals surface area contributed by atoms with Gasteiger partial charge in [-0.05, 0) is 40.0 Å². The Morgan fingerprint density at radius 2 is 1.43 bits per heavy atom. The molecule has 114 valence electrons. The van der Waals surface area contributed by atoms with Crippen LogP contribution in [0.4, 0.5) is 4.39 Å². The summed E-state index contributed by atoms with van der Waals surface area (Å²) >= 11 is 0. The van der Waals surface area contributed by atoms with Gasteiger partial charge < -0.3 is 4.74 Å². The van der Waals surface area contributed by atoms with Crippen molar-refractivity contribution in [1.29, 1.82) is 0 Å². The topological polar surface area (TPSA) is 9.23 Å². The van der Waals surface area contributed by atoms with Gasteiger partial charge in [-0.1, -0.05) is 67.2 Å². The Morgan fingerprint density at radius 3 is 2.04 bits per heavy atom. The third-order valence-electron chi connectivity index (χ3n) is 3.84. The smallest absolute Gasteiger partial charge is 0.165 e. The number of ether oxygens (including phenoxy) is 1. The summed E-state index contributed by atoms with van der Waals surface area (Å²) in [7, 11) is 1.45. The Morgan fingerprint density at radius 1 is 0.826 bits per heavy atom. The molecule has 0 aliphatic rings. The second-order valence-corrected chi connectivity index (χ2v) is 5.27. The quantitative estimate of drug-likeness (QED) is 0.613. The van der Waals surface area contributed by atoms with Crippen LogP contribution in [0, 0.1) is 5.82 Å². The third-order valence-corrected chi connectivity index (χ3v) is 3.84. The van der Waals surface area contributed by atoms with Gasteiger partial charge in [0, 0.05) is 0 Å². The fraction of sp³-hybridized carbons (Fsp3) is 0.0476. The van der Waals surface area contributed by atoms with Crippen LogP contribution in [0.2, 0.25) is 0 Å². The van der Waals surface area contributed by atoms with Crippen molar-refractivity contribution >= 4 is 5.57 Å². The maximum absolute atomic E-state index is 13.8. The van der Waals surface area contributed by atoms with Crippen molar-refractivity contribution in [3.05, 3.63) is 96.3 Å². The maximum Gasteiger partial charge on any atom is 0.165 e. The van der Waals surface area contributed by atoms with Gasteiger partial charge in [0.15, 0.2) is 11.6 Å². The summed E-state index contributed by atoms with van der Waals surface area (Å²) in [6, 6.07) is 23.2. The summed E-state index contributed by atoms with van der Waals surface area (Å²) in [5.41, 5.74) is 4.80. The number of benzene rings is 3. The van der Waals surface area contributed by atoms with Crippen molar-refractivity contribution in [2.24, 2.45) is 0 Å². The summed E-state index contributed by atoms with van der Waals surface area (Å²) in [4.78, 5) is 0. The van der Waals surface area contributed by atoms with E-state index in [-0.39, 0.29) is 11.6 Å². The van der Waals surface area contributed by atoms with Crippen molar-refractivity contribution in [3.8, 4) is 16.9 Å². The van der Waals surface area contributed by atoms with E-state index in [1.54, 1.807) is 6.07 Å². The van der Waals surface area contributed by atoms with Gasteiger partial charge in [0.25, 0.3) is 0 Å². The van der Waals surface area contributed by atoms with E-state index in [1.165, 1.54) is 18.7 Å². The molecule has 0 saturated heterocycles. The first-order chi connectivity index (χ1) is 11.2. The lowest BCUT2D eigenvalue weighted by molar-refractivity contribution is 0.386. The van der Waals surface area contributed by atoms with Crippen molar-refractivity contribution < 1.29 is 9.13 Å². The van der Waals surface area contributed by atoms with Gasteiger partial charge in [-0.25, -0.2) is 4.39 Å². The molecular weight excluding hydrogens is 287 g/mol. The second-order valence-electron chi connectivity index (χ2n) is 5.27. The van der Waals surface area contributed by atoms with Gasteiger partial charge in [0.05, 0.1) is 7.11 Å². The van der Waals surface area contributed by atoms with E-state index in [2.05, 4.69) is 30.8 Å². The molecule has 3 rings (SSSR count). The molecule has 0 aliphatic carbocycles. The molecule has 23 heavy (non-hydrogen) atoms. The van der Waals surface area contributed by atoms with Gasteiger partial charge in [0.2, 0.25) is 0 Å². The molecule has 0 atom stereocenters. The molecular formula is C21H17FO. The van der Waals surface area contributed by atoms with Gasteiger partial charge in [-0.15, -0.1) is 0 Å². The van der Waals surface area contributed by atoms with Crippen LogP contribution in [0.15, 0.2) is 79.4 Å². The van der Waals surface area contributed by atoms with E-state index in [1.807, 2.05) is 36.4 Å². The lowest BCUT2D eigenvalue weighted by atomic mass is 9.97. The van der Waals surface area contributed by atoms with Crippen molar-refractivity contribution in [2.45, 2.75) is 0 Å². The largest absolute Gasteiger partial charge is 0.494 e. The monoisotopic (exact) mass is 304 g/mol. The summed E-state index contributed by atoms with van der Waals surface area (Å²) in [5, 5.41) is 0. The second kappa shape index (κ2) is 6.49.